The van der Waals surface area contributed by atoms with Crippen molar-refractivity contribution in [1.82, 2.24) is 34.6 Å². The van der Waals surface area contributed by atoms with Gasteiger partial charge in [-0.2, -0.15) is 0 Å². The van der Waals surface area contributed by atoms with E-state index in [1.807, 2.05) is 36.4 Å². The van der Waals surface area contributed by atoms with Gasteiger partial charge < -0.3 is 0 Å². The molecule has 0 unspecified atom stereocenters. The van der Waals surface area contributed by atoms with Crippen molar-refractivity contribution >= 4 is 5.69 Å². The second kappa shape index (κ2) is 10.1. The van der Waals surface area contributed by atoms with Crippen LogP contribution in [0.5, 0.6) is 0 Å². The quantitative estimate of drug-likeness (QED) is 0.228. The fraction of sp³-hybridized carbons (Fsp3) is 0.103. The Hall–Kier alpha value is -5.78. The zero-order chi connectivity index (χ0) is 28.7. The monoisotopic (exact) mass is 548 g/mol. The molecular weight excluding hydrogens is 524 g/mol. The molecule has 0 atom stereocenters. The van der Waals surface area contributed by atoms with Gasteiger partial charge in [-0.1, -0.05) is 53.7 Å². The minimum absolute atomic E-state index is 0.158. The molecule has 6 rings (SSSR count). The molecule has 0 amide bonds. The number of nitro benzene ring substituents is 1. The van der Waals surface area contributed by atoms with E-state index in [1.165, 1.54) is 26.3 Å². The van der Waals surface area contributed by atoms with E-state index in [9.17, 15) is 19.7 Å². The van der Waals surface area contributed by atoms with Crippen LogP contribution in [-0.2, 0) is 0 Å². The molecule has 2 N–H and O–H groups in total. The molecule has 0 spiro atoms. The third-order valence-electron chi connectivity index (χ3n) is 6.97. The second-order valence-electron chi connectivity index (χ2n) is 9.52. The molecule has 12 heteroatoms. The van der Waals surface area contributed by atoms with Crippen LogP contribution in [0, 0.1) is 24.0 Å². The lowest BCUT2D eigenvalue weighted by atomic mass is 9.89. The normalized spacial score (nSPS) is 11.3. The van der Waals surface area contributed by atoms with Gasteiger partial charge in [-0.15, -0.1) is 5.10 Å². The number of benzene rings is 3. The number of rotatable bonds is 7. The number of para-hydroxylation sites is 4. The Balaban J connectivity index is 1.59. The van der Waals surface area contributed by atoms with Gasteiger partial charge in [-0.25, -0.2) is 14.0 Å². The molecule has 6 aromatic rings. The number of nitrogens with zero attached hydrogens (tertiary/aromatic N) is 6. The molecule has 3 aromatic carbocycles. The number of hydrogen-bond acceptors (Lipinski definition) is 6. The fourth-order valence-electron chi connectivity index (χ4n) is 5.10. The van der Waals surface area contributed by atoms with Gasteiger partial charge in [0.05, 0.1) is 45.2 Å². The summed E-state index contributed by atoms with van der Waals surface area (Å²) in [6, 6.07) is 24.3. The highest BCUT2D eigenvalue weighted by Gasteiger charge is 2.33. The molecule has 0 aliphatic rings. The van der Waals surface area contributed by atoms with Crippen LogP contribution in [0.25, 0.3) is 17.1 Å². The number of aryl methyl sites for hydroxylation is 2. The van der Waals surface area contributed by atoms with Crippen molar-refractivity contribution in [1.29, 1.82) is 0 Å². The van der Waals surface area contributed by atoms with Crippen LogP contribution in [-0.4, -0.2) is 39.5 Å². The summed E-state index contributed by atoms with van der Waals surface area (Å²) < 4.78 is 4.12. The Labute approximate surface area is 232 Å². The first-order valence-corrected chi connectivity index (χ1v) is 12.7. The molecule has 0 saturated carbocycles. The average Bonchev–Trinajstić information content (AvgIpc) is 3.67. The predicted octanol–water partition coefficient (Wildman–Crippen LogP) is 3.93. The van der Waals surface area contributed by atoms with E-state index in [2.05, 4.69) is 20.5 Å². The molecule has 0 saturated heterocycles. The summed E-state index contributed by atoms with van der Waals surface area (Å²) in [6.07, 6.45) is 1.52. The molecule has 0 aliphatic heterocycles. The molecule has 0 radical (unpaired) electrons. The van der Waals surface area contributed by atoms with Gasteiger partial charge in [0.1, 0.15) is 5.69 Å². The topological polar surface area (TPSA) is 149 Å². The summed E-state index contributed by atoms with van der Waals surface area (Å²) in [5, 5.41) is 26.5. The van der Waals surface area contributed by atoms with E-state index >= 15 is 0 Å². The maximum atomic E-state index is 14.0. The molecule has 3 heterocycles. The van der Waals surface area contributed by atoms with Crippen LogP contribution in [0.4, 0.5) is 5.69 Å². The van der Waals surface area contributed by atoms with E-state index < -0.39 is 10.8 Å². The number of nitrogens with one attached hydrogen (secondary N) is 2. The van der Waals surface area contributed by atoms with Crippen molar-refractivity contribution in [3.05, 3.63) is 150 Å². The number of aromatic amines is 2. The van der Waals surface area contributed by atoms with Crippen molar-refractivity contribution in [2.75, 3.05) is 0 Å². The van der Waals surface area contributed by atoms with Crippen LogP contribution in [0.1, 0.15) is 34.1 Å². The molecule has 0 fully saturated rings. The Kier molecular flexibility index (Phi) is 6.27. The summed E-state index contributed by atoms with van der Waals surface area (Å²) in [7, 11) is 0. The lowest BCUT2D eigenvalue weighted by Crippen LogP contribution is -2.25. The van der Waals surface area contributed by atoms with E-state index in [0.717, 1.165) is 0 Å². The van der Waals surface area contributed by atoms with Crippen LogP contribution < -0.4 is 11.1 Å². The molecular formula is C29H24N8O4. The van der Waals surface area contributed by atoms with Gasteiger partial charge in [0, 0.05) is 17.5 Å². The largest absolute Gasteiger partial charge is 0.295 e. The summed E-state index contributed by atoms with van der Waals surface area (Å²) in [4.78, 5) is 39.1. The fourth-order valence-corrected chi connectivity index (χ4v) is 5.10. The van der Waals surface area contributed by atoms with Crippen molar-refractivity contribution < 1.29 is 4.92 Å². The summed E-state index contributed by atoms with van der Waals surface area (Å²) >= 11 is 0. The first kappa shape index (κ1) is 25.5. The Morgan fingerprint density at radius 3 is 1.76 bits per heavy atom. The van der Waals surface area contributed by atoms with E-state index in [1.54, 1.807) is 56.3 Å². The van der Waals surface area contributed by atoms with Crippen LogP contribution >= 0.6 is 0 Å². The van der Waals surface area contributed by atoms with Crippen molar-refractivity contribution in [2.45, 2.75) is 19.8 Å². The number of H-pyrrole nitrogens is 2. The first-order chi connectivity index (χ1) is 19.8. The summed E-state index contributed by atoms with van der Waals surface area (Å²) in [5.74, 6) is -0.936. The second-order valence-corrected chi connectivity index (χ2v) is 9.52. The minimum Gasteiger partial charge on any atom is -0.295 e. The number of aromatic nitrogens is 7. The highest BCUT2D eigenvalue weighted by molar-refractivity contribution is 5.52. The highest BCUT2D eigenvalue weighted by Crippen LogP contribution is 2.32. The highest BCUT2D eigenvalue weighted by atomic mass is 16.6. The van der Waals surface area contributed by atoms with Gasteiger partial charge in [0.25, 0.3) is 16.8 Å². The van der Waals surface area contributed by atoms with Crippen molar-refractivity contribution in [3.63, 3.8) is 0 Å². The number of hydrogen-bond donors (Lipinski definition) is 2. The minimum atomic E-state index is -0.936. The standard InChI is InChI=1S/C29H24N8O4/c1-18-25(28(38)35(31-18)20-11-5-3-6-12-20)27(26-19(2)32-36(29(26)39)21-13-7-4-8-14-21)22-17-34(33-30-22)23-15-9-10-16-24(23)37(40)41/h3-17,27,31-32H,1-2H3. The summed E-state index contributed by atoms with van der Waals surface area (Å²) in [5.41, 5.74) is 2.56. The predicted molar refractivity (Wildman–Crippen MR) is 151 cm³/mol. The number of nitro groups is 1. The third kappa shape index (κ3) is 4.36. The van der Waals surface area contributed by atoms with Crippen LogP contribution in [0.15, 0.2) is 101 Å². The smallest absolute Gasteiger partial charge is 0.294 e. The van der Waals surface area contributed by atoms with Gasteiger partial charge in [-0.3, -0.25) is 29.9 Å². The lowest BCUT2D eigenvalue weighted by Gasteiger charge is -2.12. The first-order valence-electron chi connectivity index (χ1n) is 12.7. The lowest BCUT2D eigenvalue weighted by molar-refractivity contribution is -0.384. The SMILES string of the molecule is Cc1[nH]n(-c2ccccc2)c(=O)c1C(c1cn(-c2ccccc2[N+](=O)[O-])nn1)c1c(C)[nH]n(-c2ccccc2)c1=O. The van der Waals surface area contributed by atoms with Gasteiger partial charge in [0.15, 0.2) is 0 Å². The van der Waals surface area contributed by atoms with Gasteiger partial charge >= 0.3 is 0 Å². The maximum Gasteiger partial charge on any atom is 0.294 e. The molecule has 0 bridgehead atoms. The van der Waals surface area contributed by atoms with Gasteiger partial charge in [-0.05, 0) is 44.2 Å². The average molecular weight is 549 g/mol. The van der Waals surface area contributed by atoms with Crippen LogP contribution in [0.3, 0.4) is 0 Å². The van der Waals surface area contributed by atoms with Crippen molar-refractivity contribution in [3.8, 4) is 17.1 Å². The van der Waals surface area contributed by atoms with E-state index in [4.69, 9.17) is 0 Å². The van der Waals surface area contributed by atoms with Crippen molar-refractivity contribution in [2.24, 2.45) is 0 Å². The zero-order valence-corrected chi connectivity index (χ0v) is 22.1. The molecule has 0 aliphatic carbocycles. The molecule has 204 valence electrons. The third-order valence-corrected chi connectivity index (χ3v) is 6.97. The van der Waals surface area contributed by atoms with Gasteiger partial charge in [0.2, 0.25) is 0 Å². The Morgan fingerprint density at radius 1 is 0.756 bits per heavy atom. The Bertz CT molecular complexity index is 1900. The van der Waals surface area contributed by atoms with Crippen LogP contribution in [0.2, 0.25) is 0 Å². The zero-order valence-electron chi connectivity index (χ0n) is 22.1. The molecule has 3 aromatic heterocycles. The Morgan fingerprint density at radius 2 is 1.24 bits per heavy atom. The van der Waals surface area contributed by atoms with E-state index in [-0.39, 0.29) is 28.2 Å². The van der Waals surface area contributed by atoms with E-state index in [0.29, 0.717) is 33.9 Å². The maximum absolute atomic E-state index is 14.0. The molecule has 41 heavy (non-hydrogen) atoms. The summed E-state index contributed by atoms with van der Waals surface area (Å²) in [6.45, 7) is 3.51. The molecule has 12 nitrogen and oxygen atoms in total.